The molecule has 5 nitrogen and oxygen atoms in total. The van der Waals surface area contributed by atoms with Gasteiger partial charge in [-0.2, -0.15) is 0 Å². The van der Waals surface area contributed by atoms with Crippen LogP contribution < -0.4 is 11.1 Å². The van der Waals surface area contributed by atoms with Crippen molar-refractivity contribution in [3.05, 3.63) is 16.1 Å². The minimum absolute atomic E-state index is 0.284. The third-order valence-electron chi connectivity index (χ3n) is 2.61. The van der Waals surface area contributed by atoms with Crippen molar-refractivity contribution in [2.24, 2.45) is 11.1 Å². The molecule has 0 aromatic carbocycles. The lowest BCUT2D eigenvalue weighted by Gasteiger charge is -2.28. The van der Waals surface area contributed by atoms with E-state index in [1.54, 1.807) is 5.51 Å². The molecule has 0 aliphatic rings. The maximum Gasteiger partial charge on any atom is 0.263 e. The number of carbonyl (C=O) groups excluding carboxylic acids is 2. The lowest BCUT2D eigenvalue weighted by atomic mass is 9.86. The fourth-order valence-electron chi connectivity index (χ4n) is 1.62. The first-order valence-corrected chi connectivity index (χ1v) is 6.67. The number of thiazole rings is 1. The van der Waals surface area contributed by atoms with Gasteiger partial charge in [-0.05, 0) is 11.8 Å². The highest BCUT2D eigenvalue weighted by molar-refractivity contribution is 7.11. The topological polar surface area (TPSA) is 85.1 Å². The minimum Gasteiger partial charge on any atom is -0.368 e. The Morgan fingerprint density at radius 3 is 2.56 bits per heavy atom. The Morgan fingerprint density at radius 1 is 1.50 bits per heavy atom. The Bertz CT molecular complexity index is 448. The average Bonchev–Trinajstić information content (AvgIpc) is 2.71. The number of primary amides is 1. The number of amides is 2. The number of hydrogen-bond donors (Lipinski definition) is 2. The van der Waals surface area contributed by atoms with Crippen LogP contribution in [0.5, 0.6) is 0 Å². The van der Waals surface area contributed by atoms with Gasteiger partial charge in [0.05, 0.1) is 11.2 Å². The van der Waals surface area contributed by atoms with Gasteiger partial charge in [0.25, 0.3) is 5.91 Å². The summed E-state index contributed by atoms with van der Waals surface area (Å²) in [7, 11) is 0. The van der Waals surface area contributed by atoms with Gasteiger partial charge in [0, 0.05) is 0 Å². The van der Waals surface area contributed by atoms with E-state index in [0.29, 0.717) is 11.3 Å². The van der Waals surface area contributed by atoms with Gasteiger partial charge in [0.1, 0.15) is 10.9 Å². The molecule has 3 N–H and O–H groups in total. The van der Waals surface area contributed by atoms with Gasteiger partial charge in [-0.15, -0.1) is 11.3 Å². The van der Waals surface area contributed by atoms with Gasteiger partial charge in [-0.25, -0.2) is 4.98 Å². The molecule has 0 fully saturated rings. The normalized spacial score (nSPS) is 13.1. The summed E-state index contributed by atoms with van der Waals surface area (Å²) in [5.74, 6) is -0.813. The first-order valence-electron chi connectivity index (χ1n) is 5.80. The number of nitrogens with two attached hydrogens (primary N) is 1. The highest BCUT2D eigenvalue weighted by Crippen LogP contribution is 2.21. The van der Waals surface area contributed by atoms with Gasteiger partial charge in [-0.1, -0.05) is 27.7 Å². The molecular formula is C12H19N3O2S. The predicted molar refractivity (Wildman–Crippen MR) is 71.4 cm³/mol. The molecule has 1 aromatic heterocycles. The second-order valence-corrected chi connectivity index (χ2v) is 6.01. The predicted octanol–water partition coefficient (Wildman–Crippen LogP) is 1.34. The zero-order valence-electron chi connectivity index (χ0n) is 11.1. The van der Waals surface area contributed by atoms with E-state index in [1.165, 1.54) is 11.3 Å². The maximum absolute atomic E-state index is 12.1. The van der Waals surface area contributed by atoms with Crippen molar-refractivity contribution in [1.29, 1.82) is 0 Å². The van der Waals surface area contributed by atoms with Crippen LogP contribution >= 0.6 is 11.3 Å². The highest BCUT2D eigenvalue weighted by atomic mass is 32.1. The number of aryl methyl sites for hydroxylation is 1. The van der Waals surface area contributed by atoms with Crippen molar-refractivity contribution < 1.29 is 9.59 Å². The number of rotatable bonds is 4. The van der Waals surface area contributed by atoms with E-state index in [4.69, 9.17) is 5.73 Å². The molecule has 1 atom stereocenters. The molecule has 0 aliphatic carbocycles. The van der Waals surface area contributed by atoms with Gasteiger partial charge in [-0.3, -0.25) is 9.59 Å². The second-order valence-electron chi connectivity index (χ2n) is 5.16. The lowest BCUT2D eigenvalue weighted by molar-refractivity contribution is -0.122. The van der Waals surface area contributed by atoms with Crippen LogP contribution in [0, 0.1) is 5.41 Å². The van der Waals surface area contributed by atoms with Gasteiger partial charge in [0.15, 0.2) is 0 Å². The molecule has 1 aromatic rings. The van der Waals surface area contributed by atoms with Crippen LogP contribution in [0.25, 0.3) is 0 Å². The summed E-state index contributed by atoms with van der Waals surface area (Å²) in [4.78, 5) is 28.2. The molecule has 0 radical (unpaired) electrons. The fourth-order valence-corrected chi connectivity index (χ4v) is 2.40. The van der Waals surface area contributed by atoms with Crippen LogP contribution in [0.3, 0.4) is 0 Å². The number of carbonyl (C=O) groups is 2. The number of hydrogen-bond acceptors (Lipinski definition) is 4. The Balaban J connectivity index is 2.89. The summed E-state index contributed by atoms with van der Waals surface area (Å²) < 4.78 is 0. The Hall–Kier alpha value is -1.43. The Morgan fingerprint density at radius 2 is 2.11 bits per heavy atom. The zero-order valence-corrected chi connectivity index (χ0v) is 11.9. The van der Waals surface area contributed by atoms with E-state index in [1.807, 2.05) is 27.7 Å². The lowest BCUT2D eigenvalue weighted by Crippen LogP contribution is -2.52. The molecule has 0 unspecified atom stereocenters. The molecular weight excluding hydrogens is 250 g/mol. The molecule has 1 rings (SSSR count). The van der Waals surface area contributed by atoms with Crippen LogP contribution in [-0.2, 0) is 11.2 Å². The van der Waals surface area contributed by atoms with Crippen molar-refractivity contribution in [3.63, 3.8) is 0 Å². The van der Waals surface area contributed by atoms with E-state index in [0.717, 1.165) is 5.69 Å². The molecule has 18 heavy (non-hydrogen) atoms. The van der Waals surface area contributed by atoms with E-state index in [2.05, 4.69) is 10.3 Å². The Labute approximate surface area is 111 Å². The van der Waals surface area contributed by atoms with Crippen molar-refractivity contribution in [2.45, 2.75) is 40.2 Å². The zero-order chi connectivity index (χ0) is 13.9. The van der Waals surface area contributed by atoms with E-state index in [-0.39, 0.29) is 5.91 Å². The van der Waals surface area contributed by atoms with Crippen molar-refractivity contribution in [3.8, 4) is 0 Å². The first kappa shape index (κ1) is 14.6. The largest absolute Gasteiger partial charge is 0.368 e. The van der Waals surface area contributed by atoms with Crippen molar-refractivity contribution in [2.75, 3.05) is 0 Å². The molecule has 0 bridgehead atoms. The van der Waals surface area contributed by atoms with Crippen LogP contribution in [0.1, 0.15) is 43.1 Å². The van der Waals surface area contributed by atoms with Crippen molar-refractivity contribution in [1.82, 2.24) is 10.3 Å². The third-order valence-corrected chi connectivity index (χ3v) is 3.48. The summed E-state index contributed by atoms with van der Waals surface area (Å²) in [6.45, 7) is 7.50. The van der Waals surface area contributed by atoms with Crippen LogP contribution in [-0.4, -0.2) is 22.8 Å². The first-order chi connectivity index (χ1) is 8.27. The third kappa shape index (κ3) is 3.29. The average molecular weight is 269 g/mol. The van der Waals surface area contributed by atoms with E-state index >= 15 is 0 Å². The second kappa shape index (κ2) is 5.48. The van der Waals surface area contributed by atoms with E-state index < -0.39 is 17.4 Å². The molecule has 0 spiro atoms. The van der Waals surface area contributed by atoms with Gasteiger partial charge < -0.3 is 11.1 Å². The number of nitrogens with one attached hydrogen (secondary N) is 1. The highest BCUT2D eigenvalue weighted by Gasteiger charge is 2.32. The molecule has 0 saturated carbocycles. The molecule has 0 saturated heterocycles. The number of nitrogens with zero attached hydrogens (tertiary/aromatic N) is 1. The fraction of sp³-hybridized carbons (Fsp3) is 0.583. The summed E-state index contributed by atoms with van der Waals surface area (Å²) in [6, 6.07) is -0.697. The maximum atomic E-state index is 12.1. The summed E-state index contributed by atoms with van der Waals surface area (Å²) in [5.41, 5.74) is 7.29. The van der Waals surface area contributed by atoms with Crippen molar-refractivity contribution >= 4 is 23.2 Å². The summed E-state index contributed by atoms with van der Waals surface area (Å²) in [5, 5.41) is 2.69. The molecule has 100 valence electrons. The van der Waals surface area contributed by atoms with Crippen LogP contribution in [0.2, 0.25) is 0 Å². The summed E-state index contributed by atoms with van der Waals surface area (Å²) in [6.07, 6.45) is 0.684. The SMILES string of the molecule is CCc1ncsc1C(=O)N[C@H](C(N)=O)C(C)(C)C. The Kier molecular flexibility index (Phi) is 4.45. The number of aromatic nitrogens is 1. The monoisotopic (exact) mass is 269 g/mol. The smallest absolute Gasteiger partial charge is 0.263 e. The molecule has 6 heteroatoms. The standard InChI is InChI=1S/C12H19N3O2S/c1-5-7-8(18-6-14-7)11(17)15-9(10(13)16)12(2,3)4/h6,9H,5H2,1-4H3,(H2,13,16)(H,15,17)/t9-/m1/s1. The molecule has 0 aliphatic heterocycles. The molecule has 2 amide bonds. The van der Waals surface area contributed by atoms with Gasteiger partial charge in [0.2, 0.25) is 5.91 Å². The van der Waals surface area contributed by atoms with E-state index in [9.17, 15) is 9.59 Å². The molecule has 1 heterocycles. The quantitative estimate of drug-likeness (QED) is 0.865. The van der Waals surface area contributed by atoms with Gasteiger partial charge >= 0.3 is 0 Å². The summed E-state index contributed by atoms with van der Waals surface area (Å²) >= 11 is 1.27. The van der Waals surface area contributed by atoms with Crippen LogP contribution in [0.4, 0.5) is 0 Å². The van der Waals surface area contributed by atoms with Crippen LogP contribution in [0.15, 0.2) is 5.51 Å². The minimum atomic E-state index is -0.697.